The molecule has 2 aliphatic heterocycles. The number of nitrogens with one attached hydrogen (secondary N) is 1. The van der Waals surface area contributed by atoms with E-state index in [9.17, 15) is 0 Å². The van der Waals surface area contributed by atoms with Crippen LogP contribution in [0.4, 0.5) is 0 Å². The number of aromatic nitrogens is 1. The van der Waals surface area contributed by atoms with E-state index in [4.69, 9.17) is 9.72 Å². The summed E-state index contributed by atoms with van der Waals surface area (Å²) < 4.78 is 5.36. The normalized spacial score (nSPS) is 21.2. The Kier molecular flexibility index (Phi) is 3.36. The Hall–Kier alpha value is -0.970. The Morgan fingerprint density at radius 1 is 1.29 bits per heavy atom. The average Bonchev–Trinajstić information content (AvgIpc) is 2.40. The van der Waals surface area contributed by atoms with Gasteiger partial charge in [0.05, 0.1) is 18.9 Å². The van der Waals surface area contributed by atoms with Gasteiger partial charge < -0.3 is 10.1 Å². The van der Waals surface area contributed by atoms with Crippen molar-refractivity contribution in [1.29, 1.82) is 0 Å². The molecule has 4 heteroatoms. The lowest BCUT2D eigenvalue weighted by atomic mass is 10.1. The van der Waals surface area contributed by atoms with Crippen molar-refractivity contribution in [2.75, 3.05) is 32.8 Å². The molecule has 0 atom stereocenters. The van der Waals surface area contributed by atoms with Crippen LogP contribution >= 0.6 is 0 Å². The van der Waals surface area contributed by atoms with Gasteiger partial charge in [-0.2, -0.15) is 0 Å². The van der Waals surface area contributed by atoms with E-state index < -0.39 is 0 Å². The van der Waals surface area contributed by atoms with Crippen molar-refractivity contribution < 1.29 is 4.74 Å². The molecule has 0 aromatic carbocycles. The zero-order chi connectivity index (χ0) is 11.5. The first-order valence-electron chi connectivity index (χ1n) is 6.40. The molecule has 0 radical (unpaired) electrons. The van der Waals surface area contributed by atoms with Gasteiger partial charge in [0.15, 0.2) is 0 Å². The molecule has 17 heavy (non-hydrogen) atoms. The number of hydrogen-bond acceptors (Lipinski definition) is 4. The van der Waals surface area contributed by atoms with E-state index in [1.165, 1.54) is 17.0 Å². The highest BCUT2D eigenvalue weighted by molar-refractivity contribution is 5.25. The Labute approximate surface area is 102 Å². The van der Waals surface area contributed by atoms with E-state index in [2.05, 4.69) is 22.3 Å². The Bertz CT molecular complexity index is 388. The zero-order valence-corrected chi connectivity index (χ0v) is 10.1. The molecule has 3 heterocycles. The van der Waals surface area contributed by atoms with Crippen LogP contribution in [0.2, 0.25) is 0 Å². The third-order valence-electron chi connectivity index (χ3n) is 3.47. The van der Waals surface area contributed by atoms with Gasteiger partial charge >= 0.3 is 0 Å². The third kappa shape index (κ3) is 2.65. The number of morpholine rings is 1. The molecule has 0 unspecified atom stereocenters. The first-order chi connectivity index (χ1) is 8.42. The Morgan fingerprint density at radius 3 is 3.06 bits per heavy atom. The average molecular weight is 233 g/mol. The fourth-order valence-electron chi connectivity index (χ4n) is 2.46. The highest BCUT2D eigenvalue weighted by Crippen LogP contribution is 2.13. The van der Waals surface area contributed by atoms with Gasteiger partial charge in [0.25, 0.3) is 0 Å². The van der Waals surface area contributed by atoms with Gasteiger partial charge in [-0.1, -0.05) is 6.07 Å². The lowest BCUT2D eigenvalue weighted by molar-refractivity contribution is 0.0336. The molecule has 3 rings (SSSR count). The number of hydrogen-bond donors (Lipinski definition) is 1. The summed E-state index contributed by atoms with van der Waals surface area (Å²) in [5, 5.41) is 3.37. The topological polar surface area (TPSA) is 37.4 Å². The molecule has 1 saturated heterocycles. The van der Waals surface area contributed by atoms with E-state index >= 15 is 0 Å². The van der Waals surface area contributed by atoms with Crippen LogP contribution in [-0.4, -0.2) is 42.7 Å². The number of fused-ring (bicyclic) bond motifs is 1. The monoisotopic (exact) mass is 233 g/mol. The standard InChI is InChI=1S/C13H19N3O/c1-2-12(10-16-5-7-17-8-6-16)15-13-3-4-14-9-11(1)13/h1-2,14H,3-10H2. The largest absolute Gasteiger partial charge is 0.379 e. The predicted octanol–water partition coefficient (Wildman–Crippen LogP) is 0.559. The predicted molar refractivity (Wildman–Crippen MR) is 65.7 cm³/mol. The number of ether oxygens (including phenoxy) is 1. The van der Waals surface area contributed by atoms with Gasteiger partial charge in [0.2, 0.25) is 0 Å². The first-order valence-corrected chi connectivity index (χ1v) is 6.40. The van der Waals surface area contributed by atoms with E-state index in [1.54, 1.807) is 0 Å². The molecule has 1 fully saturated rings. The second kappa shape index (κ2) is 5.12. The van der Waals surface area contributed by atoms with Crippen molar-refractivity contribution in [2.45, 2.75) is 19.5 Å². The Balaban J connectivity index is 1.70. The van der Waals surface area contributed by atoms with Crippen LogP contribution in [0.5, 0.6) is 0 Å². The summed E-state index contributed by atoms with van der Waals surface area (Å²) in [5.41, 5.74) is 3.85. The van der Waals surface area contributed by atoms with Crippen LogP contribution in [0.1, 0.15) is 17.0 Å². The van der Waals surface area contributed by atoms with E-state index in [-0.39, 0.29) is 0 Å². The van der Waals surface area contributed by atoms with Crippen molar-refractivity contribution in [3.05, 3.63) is 29.1 Å². The molecule has 92 valence electrons. The summed E-state index contributed by atoms with van der Waals surface area (Å²) in [7, 11) is 0. The zero-order valence-electron chi connectivity index (χ0n) is 10.1. The maximum Gasteiger partial charge on any atom is 0.0594 e. The fraction of sp³-hybridized carbons (Fsp3) is 0.615. The van der Waals surface area contributed by atoms with Crippen LogP contribution in [0.3, 0.4) is 0 Å². The summed E-state index contributed by atoms with van der Waals surface area (Å²) >= 11 is 0. The quantitative estimate of drug-likeness (QED) is 0.810. The van der Waals surface area contributed by atoms with Gasteiger partial charge in [0.1, 0.15) is 0 Å². The molecule has 0 saturated carbocycles. The molecule has 1 N–H and O–H groups in total. The molecule has 0 bridgehead atoms. The summed E-state index contributed by atoms with van der Waals surface area (Å²) in [6.45, 7) is 6.76. The molecule has 0 spiro atoms. The highest BCUT2D eigenvalue weighted by atomic mass is 16.5. The maximum absolute atomic E-state index is 5.36. The summed E-state index contributed by atoms with van der Waals surface area (Å²) in [6, 6.07) is 4.39. The minimum absolute atomic E-state index is 0.856. The van der Waals surface area contributed by atoms with Crippen molar-refractivity contribution >= 4 is 0 Å². The van der Waals surface area contributed by atoms with Crippen molar-refractivity contribution in [2.24, 2.45) is 0 Å². The van der Waals surface area contributed by atoms with Gasteiger partial charge in [0, 0.05) is 44.8 Å². The highest BCUT2D eigenvalue weighted by Gasteiger charge is 2.14. The third-order valence-corrected chi connectivity index (χ3v) is 3.47. The van der Waals surface area contributed by atoms with Crippen LogP contribution in [0, 0.1) is 0 Å². The fourth-order valence-corrected chi connectivity index (χ4v) is 2.46. The van der Waals surface area contributed by atoms with Gasteiger partial charge in [-0.05, 0) is 11.6 Å². The minimum Gasteiger partial charge on any atom is -0.379 e. The minimum atomic E-state index is 0.856. The second-order valence-electron chi connectivity index (χ2n) is 4.72. The smallest absolute Gasteiger partial charge is 0.0594 e. The number of rotatable bonds is 2. The van der Waals surface area contributed by atoms with Crippen molar-refractivity contribution in [3.8, 4) is 0 Å². The van der Waals surface area contributed by atoms with Gasteiger partial charge in [-0.15, -0.1) is 0 Å². The molecule has 0 aliphatic carbocycles. The summed E-state index contributed by atoms with van der Waals surface area (Å²) in [5.74, 6) is 0. The van der Waals surface area contributed by atoms with Gasteiger partial charge in [-0.3, -0.25) is 9.88 Å². The van der Waals surface area contributed by atoms with Crippen molar-refractivity contribution in [1.82, 2.24) is 15.2 Å². The Morgan fingerprint density at radius 2 is 2.18 bits per heavy atom. The van der Waals surface area contributed by atoms with Crippen LogP contribution < -0.4 is 5.32 Å². The molecular weight excluding hydrogens is 214 g/mol. The van der Waals surface area contributed by atoms with Crippen molar-refractivity contribution in [3.63, 3.8) is 0 Å². The van der Waals surface area contributed by atoms with Crippen LogP contribution in [0.25, 0.3) is 0 Å². The number of nitrogens with zero attached hydrogens (tertiary/aromatic N) is 2. The van der Waals surface area contributed by atoms with Crippen LogP contribution in [-0.2, 0) is 24.2 Å². The van der Waals surface area contributed by atoms with Gasteiger partial charge in [-0.25, -0.2) is 0 Å². The molecule has 4 nitrogen and oxygen atoms in total. The van der Waals surface area contributed by atoms with E-state index in [1.807, 2.05) is 0 Å². The van der Waals surface area contributed by atoms with E-state index in [0.29, 0.717) is 0 Å². The summed E-state index contributed by atoms with van der Waals surface area (Å²) in [4.78, 5) is 7.20. The summed E-state index contributed by atoms with van der Waals surface area (Å²) in [6.07, 6.45) is 1.06. The molecule has 2 aliphatic rings. The SMILES string of the molecule is c1cc2c(nc1CN1CCOCC1)CCNC2. The molecular formula is C13H19N3O. The van der Waals surface area contributed by atoms with E-state index in [0.717, 1.165) is 52.4 Å². The lowest BCUT2D eigenvalue weighted by Gasteiger charge is -2.26. The first kappa shape index (κ1) is 11.1. The lowest BCUT2D eigenvalue weighted by Crippen LogP contribution is -2.36. The molecule has 0 amide bonds. The molecule has 1 aromatic rings. The molecule has 1 aromatic heterocycles. The maximum atomic E-state index is 5.36. The van der Waals surface area contributed by atoms with Crippen LogP contribution in [0.15, 0.2) is 12.1 Å². The second-order valence-corrected chi connectivity index (χ2v) is 4.72. The number of pyridine rings is 1.